The maximum absolute atomic E-state index is 12.8. The number of carbonyl (C=O) groups is 2. The minimum absolute atomic E-state index is 0.0894. The van der Waals surface area contributed by atoms with Crippen molar-refractivity contribution < 1.29 is 9.59 Å². The molecule has 2 aromatic rings. The normalized spacial score (nSPS) is 11.9. The summed E-state index contributed by atoms with van der Waals surface area (Å²) < 4.78 is 0. The third kappa shape index (κ3) is 6.43. The van der Waals surface area contributed by atoms with Crippen molar-refractivity contribution in [3.05, 3.63) is 59.7 Å². The number of aryl methyl sites for hydroxylation is 2. The summed E-state index contributed by atoms with van der Waals surface area (Å²) in [6, 6.07) is 15.1. The van der Waals surface area contributed by atoms with Crippen LogP contribution in [0.1, 0.15) is 45.2 Å². The average Bonchev–Trinajstić information content (AvgIpc) is 2.73. The molecule has 0 saturated heterocycles. The highest BCUT2D eigenvalue weighted by Crippen LogP contribution is 2.22. The number of amides is 2. The summed E-state index contributed by atoms with van der Waals surface area (Å²) in [5, 5.41) is 6.03. The van der Waals surface area contributed by atoms with Crippen LogP contribution in [-0.2, 0) is 22.4 Å². The smallest absolute Gasteiger partial charge is 0.241 e. The third-order valence-electron chi connectivity index (χ3n) is 5.09. The van der Waals surface area contributed by atoms with E-state index in [1.54, 1.807) is 0 Å². The van der Waals surface area contributed by atoms with Crippen molar-refractivity contribution in [1.82, 2.24) is 4.90 Å². The van der Waals surface area contributed by atoms with Gasteiger partial charge in [-0.3, -0.25) is 14.5 Å². The second-order valence-electron chi connectivity index (χ2n) is 7.21. The molecule has 2 rings (SSSR count). The van der Waals surface area contributed by atoms with Crippen molar-refractivity contribution in [2.45, 2.75) is 53.0 Å². The molecule has 0 spiro atoms. The van der Waals surface area contributed by atoms with Crippen LogP contribution in [0.25, 0.3) is 0 Å². The second-order valence-corrected chi connectivity index (χ2v) is 7.21. The highest BCUT2D eigenvalue weighted by Gasteiger charge is 2.23. The van der Waals surface area contributed by atoms with Crippen molar-refractivity contribution >= 4 is 23.2 Å². The lowest BCUT2D eigenvalue weighted by Crippen LogP contribution is -2.46. The maximum Gasteiger partial charge on any atom is 0.241 e. The minimum atomic E-state index is -0.409. The molecule has 1 unspecified atom stereocenters. The van der Waals surface area contributed by atoms with Gasteiger partial charge in [-0.15, -0.1) is 0 Å². The number of benzene rings is 2. The summed E-state index contributed by atoms with van der Waals surface area (Å²) >= 11 is 0. The van der Waals surface area contributed by atoms with E-state index in [2.05, 4.69) is 36.6 Å². The maximum atomic E-state index is 12.8. The van der Waals surface area contributed by atoms with Crippen LogP contribution >= 0.6 is 0 Å². The van der Waals surface area contributed by atoms with Gasteiger partial charge in [-0.2, -0.15) is 0 Å². The highest BCUT2D eigenvalue weighted by molar-refractivity contribution is 5.96. The third-order valence-corrected chi connectivity index (χ3v) is 5.09. The molecule has 0 aromatic heterocycles. The van der Waals surface area contributed by atoms with Crippen LogP contribution in [0, 0.1) is 0 Å². The fraction of sp³-hybridized carbons (Fsp3) is 0.417. The summed E-state index contributed by atoms with van der Waals surface area (Å²) in [5.41, 5.74) is 3.94. The number of nitrogens with zero attached hydrogens (tertiary/aromatic N) is 1. The fourth-order valence-corrected chi connectivity index (χ4v) is 3.40. The van der Waals surface area contributed by atoms with Gasteiger partial charge in [-0.25, -0.2) is 0 Å². The van der Waals surface area contributed by atoms with Crippen LogP contribution in [0.5, 0.6) is 0 Å². The molecule has 0 saturated carbocycles. The molecule has 0 bridgehead atoms. The van der Waals surface area contributed by atoms with Crippen molar-refractivity contribution in [2.75, 3.05) is 23.7 Å². The molecule has 0 aliphatic rings. The lowest BCUT2D eigenvalue weighted by Gasteiger charge is -2.27. The number of para-hydroxylation sites is 2. The molecule has 0 fully saturated rings. The van der Waals surface area contributed by atoms with Gasteiger partial charge in [-0.05, 0) is 56.0 Å². The predicted molar refractivity (Wildman–Crippen MR) is 120 cm³/mol. The monoisotopic (exact) mass is 395 g/mol. The number of anilines is 2. The molecule has 2 aromatic carbocycles. The number of nitrogens with one attached hydrogen (secondary N) is 2. The molecule has 0 radical (unpaired) electrons. The van der Waals surface area contributed by atoms with Crippen LogP contribution in [0.3, 0.4) is 0 Å². The Labute approximate surface area is 174 Å². The fourth-order valence-electron chi connectivity index (χ4n) is 3.40. The van der Waals surface area contributed by atoms with Crippen molar-refractivity contribution in [3.63, 3.8) is 0 Å². The lowest BCUT2D eigenvalue weighted by atomic mass is 10.0. The predicted octanol–water partition coefficient (Wildman–Crippen LogP) is 4.49. The van der Waals surface area contributed by atoms with Gasteiger partial charge in [0.15, 0.2) is 0 Å². The van der Waals surface area contributed by atoms with Crippen LogP contribution in [0.4, 0.5) is 11.4 Å². The standard InChI is InChI=1S/C24H33N3O2/c1-5-16-27(18(4)24(29)25-21-14-9-8-10-15-21)17-22(28)26-23-19(6-2)12-11-13-20(23)7-3/h8-15,18H,5-7,16-17H2,1-4H3,(H,25,29)(H,26,28). The molecule has 0 aliphatic carbocycles. The minimum Gasteiger partial charge on any atom is -0.325 e. The van der Waals surface area contributed by atoms with Gasteiger partial charge in [0.05, 0.1) is 12.6 Å². The summed E-state index contributed by atoms with van der Waals surface area (Å²) in [6.07, 6.45) is 2.58. The van der Waals surface area contributed by atoms with Crippen LogP contribution in [0.2, 0.25) is 0 Å². The summed E-state index contributed by atoms with van der Waals surface area (Å²) in [5.74, 6) is -0.200. The first-order chi connectivity index (χ1) is 14.0. The SMILES string of the molecule is CCCN(CC(=O)Nc1c(CC)cccc1CC)C(C)C(=O)Nc1ccccc1. The van der Waals surface area contributed by atoms with Gasteiger partial charge in [-0.1, -0.05) is 57.2 Å². The Hall–Kier alpha value is -2.66. The van der Waals surface area contributed by atoms with Gasteiger partial charge in [0.2, 0.25) is 11.8 Å². The van der Waals surface area contributed by atoms with E-state index in [1.165, 1.54) is 0 Å². The van der Waals surface area contributed by atoms with Gasteiger partial charge in [0.1, 0.15) is 0 Å². The number of rotatable bonds is 10. The largest absolute Gasteiger partial charge is 0.325 e. The van der Waals surface area contributed by atoms with E-state index < -0.39 is 6.04 Å². The Morgan fingerprint density at radius 3 is 2.07 bits per heavy atom. The molecule has 2 amide bonds. The number of hydrogen-bond acceptors (Lipinski definition) is 3. The Balaban J connectivity index is 2.08. The van der Waals surface area contributed by atoms with Gasteiger partial charge in [0.25, 0.3) is 0 Å². The molecule has 156 valence electrons. The number of hydrogen-bond donors (Lipinski definition) is 2. The first kappa shape index (κ1) is 22.6. The lowest BCUT2D eigenvalue weighted by molar-refractivity contribution is -0.123. The van der Waals surface area contributed by atoms with Crippen LogP contribution in [-0.4, -0.2) is 35.8 Å². The quantitative estimate of drug-likeness (QED) is 0.623. The zero-order valence-corrected chi connectivity index (χ0v) is 18.0. The molecule has 0 heterocycles. The Kier molecular flexibility index (Phi) is 8.87. The van der Waals surface area contributed by atoms with Gasteiger partial charge in [0, 0.05) is 11.4 Å². The van der Waals surface area contributed by atoms with Crippen LogP contribution < -0.4 is 10.6 Å². The van der Waals surface area contributed by atoms with Gasteiger partial charge < -0.3 is 10.6 Å². The molecule has 0 aliphatic heterocycles. The average molecular weight is 396 g/mol. The molecular weight excluding hydrogens is 362 g/mol. The molecule has 2 N–H and O–H groups in total. The summed E-state index contributed by atoms with van der Waals surface area (Å²) in [7, 11) is 0. The van der Waals surface area contributed by atoms with E-state index in [0.717, 1.165) is 41.8 Å². The van der Waals surface area contributed by atoms with E-state index >= 15 is 0 Å². The van der Waals surface area contributed by atoms with E-state index in [-0.39, 0.29) is 18.4 Å². The topological polar surface area (TPSA) is 61.4 Å². The van der Waals surface area contributed by atoms with Crippen molar-refractivity contribution in [3.8, 4) is 0 Å². The van der Waals surface area contributed by atoms with E-state index in [0.29, 0.717) is 6.54 Å². The zero-order valence-electron chi connectivity index (χ0n) is 18.0. The zero-order chi connectivity index (χ0) is 21.2. The van der Waals surface area contributed by atoms with E-state index in [9.17, 15) is 9.59 Å². The van der Waals surface area contributed by atoms with E-state index in [4.69, 9.17) is 0 Å². The number of carbonyl (C=O) groups excluding carboxylic acids is 2. The molecule has 29 heavy (non-hydrogen) atoms. The van der Waals surface area contributed by atoms with Crippen molar-refractivity contribution in [2.24, 2.45) is 0 Å². The van der Waals surface area contributed by atoms with Gasteiger partial charge >= 0.3 is 0 Å². The summed E-state index contributed by atoms with van der Waals surface area (Å²) in [6.45, 7) is 8.92. The van der Waals surface area contributed by atoms with Crippen LogP contribution in [0.15, 0.2) is 48.5 Å². The highest BCUT2D eigenvalue weighted by atomic mass is 16.2. The van der Waals surface area contributed by atoms with E-state index in [1.807, 2.05) is 55.1 Å². The summed E-state index contributed by atoms with van der Waals surface area (Å²) in [4.78, 5) is 27.4. The Morgan fingerprint density at radius 1 is 0.897 bits per heavy atom. The molecule has 1 atom stereocenters. The first-order valence-corrected chi connectivity index (χ1v) is 10.5. The first-order valence-electron chi connectivity index (χ1n) is 10.5. The molecule has 5 heteroatoms. The second kappa shape index (κ2) is 11.4. The Morgan fingerprint density at radius 2 is 1.52 bits per heavy atom. The Bertz CT molecular complexity index is 783. The van der Waals surface area contributed by atoms with Crippen molar-refractivity contribution in [1.29, 1.82) is 0 Å². The molecule has 5 nitrogen and oxygen atoms in total. The molecular formula is C24H33N3O2.